The second-order valence-electron chi connectivity index (χ2n) is 4.89. The van der Waals surface area contributed by atoms with E-state index < -0.39 is 0 Å². The van der Waals surface area contributed by atoms with Crippen molar-refractivity contribution >= 4 is 39.1 Å². The minimum Gasteiger partial charge on any atom is -0.369 e. The van der Waals surface area contributed by atoms with Crippen LogP contribution in [0.25, 0.3) is 0 Å². The molecule has 0 aromatic carbocycles. The SMILES string of the molecule is CN1C(N)=N[C@](C)(c2cc(Br)cs2)C2CCN=C21. The number of nitrogens with zero attached hydrogens (tertiary/aromatic N) is 3. The van der Waals surface area contributed by atoms with Crippen LogP contribution >= 0.6 is 27.3 Å². The molecule has 0 fully saturated rings. The van der Waals surface area contributed by atoms with Crippen LogP contribution in [-0.2, 0) is 5.54 Å². The van der Waals surface area contributed by atoms with Crippen molar-refractivity contribution in [3.63, 3.8) is 0 Å². The molecule has 0 aliphatic carbocycles. The molecule has 3 heterocycles. The molecule has 0 amide bonds. The Kier molecular flexibility index (Phi) is 2.75. The number of guanidine groups is 1. The van der Waals surface area contributed by atoms with Gasteiger partial charge in [0.2, 0.25) is 0 Å². The van der Waals surface area contributed by atoms with Crippen LogP contribution in [0.3, 0.4) is 0 Å². The van der Waals surface area contributed by atoms with Gasteiger partial charge in [0.25, 0.3) is 0 Å². The molecule has 2 aliphatic rings. The molecule has 18 heavy (non-hydrogen) atoms. The van der Waals surface area contributed by atoms with Gasteiger partial charge < -0.3 is 10.6 Å². The normalized spacial score (nSPS) is 31.1. The van der Waals surface area contributed by atoms with Crippen LogP contribution in [0.5, 0.6) is 0 Å². The van der Waals surface area contributed by atoms with Crippen LogP contribution in [0.1, 0.15) is 18.2 Å². The van der Waals surface area contributed by atoms with E-state index in [1.807, 2.05) is 11.9 Å². The second-order valence-corrected chi connectivity index (χ2v) is 6.71. The summed E-state index contributed by atoms with van der Waals surface area (Å²) in [6.07, 6.45) is 1.04. The van der Waals surface area contributed by atoms with Crippen LogP contribution < -0.4 is 5.73 Å². The fourth-order valence-corrected chi connectivity index (χ4v) is 4.32. The molecule has 2 N–H and O–H groups in total. The summed E-state index contributed by atoms with van der Waals surface area (Å²) in [4.78, 5) is 12.5. The summed E-state index contributed by atoms with van der Waals surface area (Å²) in [7, 11) is 1.94. The van der Waals surface area contributed by atoms with E-state index in [0.29, 0.717) is 11.9 Å². The Morgan fingerprint density at radius 3 is 3.06 bits per heavy atom. The molecule has 0 radical (unpaired) electrons. The van der Waals surface area contributed by atoms with Crippen LogP contribution in [0.2, 0.25) is 0 Å². The smallest absolute Gasteiger partial charge is 0.197 e. The van der Waals surface area contributed by atoms with Crippen molar-refractivity contribution in [1.82, 2.24) is 4.90 Å². The average molecular weight is 327 g/mol. The van der Waals surface area contributed by atoms with Crippen LogP contribution in [-0.4, -0.2) is 30.3 Å². The molecular formula is C12H15BrN4S. The number of hydrogen-bond acceptors (Lipinski definition) is 5. The summed E-state index contributed by atoms with van der Waals surface area (Å²) in [5, 5.41) is 2.09. The molecule has 2 atom stereocenters. The van der Waals surface area contributed by atoms with Gasteiger partial charge in [0, 0.05) is 34.2 Å². The maximum absolute atomic E-state index is 6.04. The van der Waals surface area contributed by atoms with Gasteiger partial charge in [-0.25, -0.2) is 4.99 Å². The third-order valence-corrected chi connectivity index (χ3v) is 5.70. The molecule has 1 aromatic rings. The summed E-state index contributed by atoms with van der Waals surface area (Å²) in [5.41, 5.74) is 5.77. The van der Waals surface area contributed by atoms with Gasteiger partial charge in [-0.1, -0.05) is 0 Å². The minimum atomic E-state index is -0.275. The second kappa shape index (κ2) is 4.06. The molecule has 0 bridgehead atoms. The number of nitrogens with two attached hydrogens (primary N) is 1. The van der Waals surface area contributed by atoms with E-state index in [4.69, 9.17) is 10.7 Å². The molecule has 1 unspecified atom stereocenters. The van der Waals surface area contributed by atoms with Crippen molar-refractivity contribution < 1.29 is 0 Å². The first kappa shape index (κ1) is 12.2. The maximum Gasteiger partial charge on any atom is 0.197 e. The van der Waals surface area contributed by atoms with Crippen molar-refractivity contribution in [2.24, 2.45) is 21.6 Å². The summed E-state index contributed by atoms with van der Waals surface area (Å²) < 4.78 is 1.10. The van der Waals surface area contributed by atoms with Gasteiger partial charge >= 0.3 is 0 Å². The zero-order valence-corrected chi connectivity index (χ0v) is 12.8. The third kappa shape index (κ3) is 1.62. The average Bonchev–Trinajstić information content (AvgIpc) is 2.94. The van der Waals surface area contributed by atoms with Crippen molar-refractivity contribution in [2.75, 3.05) is 13.6 Å². The quantitative estimate of drug-likeness (QED) is 0.861. The maximum atomic E-state index is 6.04. The molecule has 3 rings (SSSR count). The molecule has 4 nitrogen and oxygen atoms in total. The van der Waals surface area contributed by atoms with Crippen LogP contribution in [0.15, 0.2) is 25.9 Å². The highest BCUT2D eigenvalue weighted by Crippen LogP contribution is 2.44. The Morgan fingerprint density at radius 1 is 1.61 bits per heavy atom. The summed E-state index contributed by atoms with van der Waals surface area (Å²) >= 11 is 5.24. The number of amidine groups is 1. The molecule has 6 heteroatoms. The van der Waals surface area contributed by atoms with Gasteiger partial charge in [0.05, 0.1) is 0 Å². The van der Waals surface area contributed by atoms with Crippen LogP contribution in [0.4, 0.5) is 0 Å². The zero-order valence-electron chi connectivity index (χ0n) is 10.4. The lowest BCUT2D eigenvalue weighted by molar-refractivity contribution is 0.354. The highest BCUT2D eigenvalue weighted by Gasteiger charge is 2.46. The lowest BCUT2D eigenvalue weighted by Crippen LogP contribution is -2.52. The van der Waals surface area contributed by atoms with Crippen molar-refractivity contribution in [1.29, 1.82) is 0 Å². The van der Waals surface area contributed by atoms with Gasteiger partial charge in [0.1, 0.15) is 11.4 Å². The number of aliphatic imine (C=N–C) groups is 2. The predicted molar refractivity (Wildman–Crippen MR) is 79.2 cm³/mol. The van der Waals surface area contributed by atoms with Crippen molar-refractivity contribution in [2.45, 2.75) is 18.9 Å². The highest BCUT2D eigenvalue weighted by atomic mass is 79.9. The number of rotatable bonds is 1. The summed E-state index contributed by atoms with van der Waals surface area (Å²) in [6, 6.07) is 2.14. The van der Waals surface area contributed by atoms with Crippen molar-refractivity contribution in [3.8, 4) is 0 Å². The Hall–Kier alpha value is -0.880. The minimum absolute atomic E-state index is 0.275. The Balaban J connectivity index is 2.13. The van der Waals surface area contributed by atoms with Gasteiger partial charge in [-0.3, -0.25) is 4.99 Å². The van der Waals surface area contributed by atoms with E-state index in [2.05, 4.69) is 39.3 Å². The van der Waals surface area contributed by atoms with Crippen LogP contribution in [0, 0.1) is 5.92 Å². The van der Waals surface area contributed by atoms with E-state index in [1.54, 1.807) is 11.3 Å². The Morgan fingerprint density at radius 2 is 2.39 bits per heavy atom. The lowest BCUT2D eigenvalue weighted by Gasteiger charge is -2.39. The zero-order chi connectivity index (χ0) is 12.9. The summed E-state index contributed by atoms with van der Waals surface area (Å²) in [5.74, 6) is 1.97. The first-order valence-corrected chi connectivity index (χ1v) is 7.57. The van der Waals surface area contributed by atoms with E-state index in [0.717, 1.165) is 23.3 Å². The number of hydrogen-bond donors (Lipinski definition) is 1. The molecule has 96 valence electrons. The Labute approximate surface area is 119 Å². The lowest BCUT2D eigenvalue weighted by atomic mass is 9.81. The molecule has 1 aromatic heterocycles. The first-order chi connectivity index (χ1) is 8.52. The van der Waals surface area contributed by atoms with E-state index in [1.165, 1.54) is 4.88 Å². The third-order valence-electron chi connectivity index (χ3n) is 3.78. The summed E-state index contributed by atoms with van der Waals surface area (Å²) in [6.45, 7) is 3.03. The largest absolute Gasteiger partial charge is 0.369 e. The fourth-order valence-electron chi connectivity index (χ4n) is 2.73. The molecule has 0 spiro atoms. The predicted octanol–water partition coefficient (Wildman–Crippen LogP) is 2.40. The molecular weight excluding hydrogens is 312 g/mol. The molecule has 0 saturated carbocycles. The molecule has 2 aliphatic heterocycles. The highest BCUT2D eigenvalue weighted by molar-refractivity contribution is 9.10. The van der Waals surface area contributed by atoms with Gasteiger partial charge in [-0.15, -0.1) is 11.3 Å². The Bertz CT molecular complexity index is 550. The van der Waals surface area contributed by atoms with E-state index >= 15 is 0 Å². The van der Waals surface area contributed by atoms with Gasteiger partial charge in [-0.2, -0.15) is 0 Å². The van der Waals surface area contributed by atoms with E-state index in [-0.39, 0.29) is 5.54 Å². The number of halogens is 1. The first-order valence-electron chi connectivity index (χ1n) is 5.90. The topological polar surface area (TPSA) is 54.0 Å². The molecule has 0 saturated heterocycles. The number of fused-ring (bicyclic) bond motifs is 1. The van der Waals surface area contributed by atoms with Crippen molar-refractivity contribution in [3.05, 3.63) is 20.8 Å². The fraction of sp³-hybridized carbons (Fsp3) is 0.500. The van der Waals surface area contributed by atoms with Gasteiger partial charge in [0.15, 0.2) is 5.96 Å². The monoisotopic (exact) mass is 326 g/mol. The van der Waals surface area contributed by atoms with E-state index in [9.17, 15) is 0 Å². The number of thiophene rings is 1. The van der Waals surface area contributed by atoms with Gasteiger partial charge in [-0.05, 0) is 35.3 Å². The standard InChI is InChI=1S/C12H15BrN4S/c1-12(9-5-7(13)6-18-9)8-3-4-15-10(8)17(2)11(14)16-12/h5-6,8H,3-4H2,1-2H3,(H2,14,16)/t8?,12-/m0/s1.